The molecule has 5 heteroatoms. The van der Waals surface area contributed by atoms with Gasteiger partial charge < -0.3 is 10.4 Å². The van der Waals surface area contributed by atoms with E-state index in [2.05, 4.69) is 5.32 Å². The maximum absolute atomic E-state index is 13.2. The number of rotatable bonds is 4. The second-order valence-electron chi connectivity index (χ2n) is 3.56. The molecule has 1 amide bonds. The van der Waals surface area contributed by atoms with Crippen LogP contribution in [0.2, 0.25) is 0 Å². The fourth-order valence-corrected chi connectivity index (χ4v) is 1.21. The smallest absolute Gasteiger partial charge is 0.224 e. The third-order valence-electron chi connectivity index (χ3n) is 2.05. The van der Waals surface area contributed by atoms with Crippen LogP contribution in [0, 0.1) is 11.6 Å². The van der Waals surface area contributed by atoms with Gasteiger partial charge in [0.2, 0.25) is 5.91 Å². The van der Waals surface area contributed by atoms with Gasteiger partial charge in [0.15, 0.2) is 0 Å². The lowest BCUT2D eigenvalue weighted by atomic mass is 10.1. The normalized spacial score (nSPS) is 12.2. The second-order valence-corrected chi connectivity index (χ2v) is 3.56. The van der Waals surface area contributed by atoms with Crippen molar-refractivity contribution in [1.29, 1.82) is 0 Å². The second kappa shape index (κ2) is 5.55. The molecule has 16 heavy (non-hydrogen) atoms. The van der Waals surface area contributed by atoms with Crippen molar-refractivity contribution in [2.45, 2.75) is 19.4 Å². The molecule has 0 aliphatic carbocycles. The molecule has 0 aliphatic heterocycles. The molecule has 0 aliphatic rings. The van der Waals surface area contributed by atoms with Crippen molar-refractivity contribution in [3.05, 3.63) is 35.4 Å². The first-order valence-electron chi connectivity index (χ1n) is 4.87. The minimum absolute atomic E-state index is 0.129. The highest BCUT2D eigenvalue weighted by atomic mass is 19.1. The lowest BCUT2D eigenvalue weighted by molar-refractivity contribution is -0.121. The number of hydrogen-bond acceptors (Lipinski definition) is 2. The van der Waals surface area contributed by atoms with E-state index in [4.69, 9.17) is 5.11 Å². The number of benzene rings is 1. The standard InChI is InChI=1S/C11H13F2NO2/c1-7(6-15)14-11(16)4-8-2-3-9(12)5-10(8)13/h2-3,5,7,15H,4,6H2,1H3,(H,14,16)/t7-/m1/s1. The van der Waals surface area contributed by atoms with Gasteiger partial charge in [-0.1, -0.05) is 6.07 Å². The van der Waals surface area contributed by atoms with E-state index >= 15 is 0 Å². The molecular formula is C11H13F2NO2. The van der Waals surface area contributed by atoms with Crippen LogP contribution in [-0.4, -0.2) is 23.7 Å². The van der Waals surface area contributed by atoms with Crippen LogP contribution in [0.5, 0.6) is 0 Å². The van der Waals surface area contributed by atoms with Gasteiger partial charge in [0, 0.05) is 12.1 Å². The van der Waals surface area contributed by atoms with Crippen LogP contribution in [0.25, 0.3) is 0 Å². The molecule has 3 nitrogen and oxygen atoms in total. The summed E-state index contributed by atoms with van der Waals surface area (Å²) >= 11 is 0. The van der Waals surface area contributed by atoms with E-state index in [1.165, 1.54) is 6.07 Å². The molecule has 0 unspecified atom stereocenters. The van der Waals surface area contributed by atoms with Crippen molar-refractivity contribution in [2.24, 2.45) is 0 Å². The Bertz CT molecular complexity index is 382. The summed E-state index contributed by atoms with van der Waals surface area (Å²) < 4.78 is 25.7. The Balaban J connectivity index is 2.63. The first-order valence-corrected chi connectivity index (χ1v) is 4.87. The predicted octanol–water partition coefficient (Wildman–Crippen LogP) is 1.00. The first-order chi connectivity index (χ1) is 7.52. The molecule has 0 radical (unpaired) electrons. The highest BCUT2D eigenvalue weighted by Crippen LogP contribution is 2.10. The number of nitrogens with one attached hydrogen (secondary N) is 1. The summed E-state index contributed by atoms with van der Waals surface area (Å²) in [7, 11) is 0. The SMILES string of the molecule is C[C@H](CO)NC(=O)Cc1ccc(F)cc1F. The number of aliphatic hydroxyl groups is 1. The maximum Gasteiger partial charge on any atom is 0.224 e. The highest BCUT2D eigenvalue weighted by Gasteiger charge is 2.10. The molecule has 1 aromatic carbocycles. The fourth-order valence-electron chi connectivity index (χ4n) is 1.21. The van der Waals surface area contributed by atoms with Gasteiger partial charge in [0.05, 0.1) is 13.0 Å². The van der Waals surface area contributed by atoms with Crippen LogP contribution in [0.3, 0.4) is 0 Å². The van der Waals surface area contributed by atoms with Crippen LogP contribution in [-0.2, 0) is 11.2 Å². The van der Waals surface area contributed by atoms with Gasteiger partial charge in [0.1, 0.15) is 11.6 Å². The molecule has 0 saturated heterocycles. The summed E-state index contributed by atoms with van der Waals surface area (Å²) in [6.07, 6.45) is -0.170. The summed E-state index contributed by atoms with van der Waals surface area (Å²) in [6.45, 7) is 1.44. The Hall–Kier alpha value is -1.49. The highest BCUT2D eigenvalue weighted by molar-refractivity contribution is 5.78. The van der Waals surface area contributed by atoms with Crippen molar-refractivity contribution in [2.75, 3.05) is 6.61 Å². The summed E-state index contributed by atoms with van der Waals surface area (Å²) in [5.74, 6) is -1.83. The maximum atomic E-state index is 13.2. The molecular weight excluding hydrogens is 216 g/mol. The zero-order valence-electron chi connectivity index (χ0n) is 8.84. The van der Waals surface area contributed by atoms with Crippen LogP contribution >= 0.6 is 0 Å². The van der Waals surface area contributed by atoms with Crippen LogP contribution in [0.15, 0.2) is 18.2 Å². The summed E-state index contributed by atoms with van der Waals surface area (Å²) in [5, 5.41) is 11.2. The van der Waals surface area contributed by atoms with Crippen LogP contribution < -0.4 is 5.32 Å². The third kappa shape index (κ3) is 3.58. The van der Waals surface area contributed by atoms with E-state index in [1.54, 1.807) is 6.92 Å². The molecule has 88 valence electrons. The molecule has 1 atom stereocenters. The number of carbonyl (C=O) groups excluding carboxylic acids is 1. The average molecular weight is 229 g/mol. The zero-order chi connectivity index (χ0) is 12.1. The van der Waals surface area contributed by atoms with Gasteiger partial charge in [-0.15, -0.1) is 0 Å². The summed E-state index contributed by atoms with van der Waals surface area (Å²) in [4.78, 5) is 11.3. The molecule has 0 aromatic heterocycles. The number of hydrogen-bond donors (Lipinski definition) is 2. The molecule has 0 bridgehead atoms. The lowest BCUT2D eigenvalue weighted by Crippen LogP contribution is -2.36. The molecule has 1 aromatic rings. The molecule has 1 rings (SSSR count). The van der Waals surface area contributed by atoms with Crippen molar-refractivity contribution in [1.82, 2.24) is 5.32 Å². The number of aliphatic hydroxyl groups excluding tert-OH is 1. The number of carbonyl (C=O) groups is 1. The molecule has 0 fully saturated rings. The number of amides is 1. The number of halogens is 2. The van der Waals surface area contributed by atoms with Gasteiger partial charge in [0.25, 0.3) is 0 Å². The van der Waals surface area contributed by atoms with Crippen LogP contribution in [0.1, 0.15) is 12.5 Å². The molecule has 0 heterocycles. The van der Waals surface area contributed by atoms with Crippen LogP contribution in [0.4, 0.5) is 8.78 Å². The lowest BCUT2D eigenvalue weighted by Gasteiger charge is -2.10. The summed E-state index contributed by atoms with van der Waals surface area (Å²) in [6, 6.07) is 2.68. The quantitative estimate of drug-likeness (QED) is 0.809. The van der Waals surface area contributed by atoms with E-state index in [1.807, 2.05) is 0 Å². The van der Waals surface area contributed by atoms with Crippen molar-refractivity contribution in [3.8, 4) is 0 Å². The van der Waals surface area contributed by atoms with Gasteiger partial charge in [-0.3, -0.25) is 4.79 Å². The Morgan fingerprint density at radius 3 is 2.75 bits per heavy atom. The topological polar surface area (TPSA) is 49.3 Å². The Morgan fingerprint density at radius 2 is 2.19 bits per heavy atom. The third-order valence-corrected chi connectivity index (χ3v) is 2.05. The largest absolute Gasteiger partial charge is 0.394 e. The van der Waals surface area contributed by atoms with Crippen molar-refractivity contribution < 1.29 is 18.7 Å². The molecule has 0 saturated carbocycles. The molecule has 0 spiro atoms. The minimum Gasteiger partial charge on any atom is -0.394 e. The van der Waals surface area contributed by atoms with E-state index in [0.717, 1.165) is 12.1 Å². The minimum atomic E-state index is -0.744. The van der Waals surface area contributed by atoms with Gasteiger partial charge in [-0.05, 0) is 18.6 Å². The van der Waals surface area contributed by atoms with E-state index in [9.17, 15) is 13.6 Å². The van der Waals surface area contributed by atoms with Gasteiger partial charge in [-0.25, -0.2) is 8.78 Å². The predicted molar refractivity (Wildman–Crippen MR) is 54.8 cm³/mol. The Kier molecular flexibility index (Phi) is 4.37. The Morgan fingerprint density at radius 1 is 1.50 bits per heavy atom. The monoisotopic (exact) mass is 229 g/mol. The van der Waals surface area contributed by atoms with E-state index in [0.29, 0.717) is 0 Å². The van der Waals surface area contributed by atoms with Crippen molar-refractivity contribution >= 4 is 5.91 Å². The first kappa shape index (κ1) is 12.6. The van der Waals surface area contributed by atoms with Crippen molar-refractivity contribution in [3.63, 3.8) is 0 Å². The van der Waals surface area contributed by atoms with Gasteiger partial charge in [-0.2, -0.15) is 0 Å². The van der Waals surface area contributed by atoms with Gasteiger partial charge >= 0.3 is 0 Å². The molecule has 2 N–H and O–H groups in total. The average Bonchev–Trinajstić information content (AvgIpc) is 2.22. The van der Waals surface area contributed by atoms with E-state index < -0.39 is 17.5 Å². The zero-order valence-corrected chi connectivity index (χ0v) is 8.84. The van der Waals surface area contributed by atoms with E-state index in [-0.39, 0.29) is 24.6 Å². The fraction of sp³-hybridized carbons (Fsp3) is 0.364. The summed E-state index contributed by atoms with van der Waals surface area (Å²) in [5.41, 5.74) is 0.129. The Labute approximate surface area is 92.1 Å².